The van der Waals surface area contributed by atoms with Crippen LogP contribution in [0.15, 0.2) is 54.1 Å². The topological polar surface area (TPSA) is 59.0 Å². The average molecular weight is 312 g/mol. The number of nitriles is 1. The second-order valence-electron chi connectivity index (χ2n) is 4.49. The van der Waals surface area contributed by atoms with Crippen LogP contribution in [-0.4, -0.2) is 4.99 Å². The quantitative estimate of drug-likeness (QED) is 0.520. The minimum atomic E-state index is -0.290. The van der Waals surface area contributed by atoms with Crippen molar-refractivity contribution in [3.05, 3.63) is 71.0 Å². The third-order valence-electron chi connectivity index (χ3n) is 2.91. The third-order valence-corrected chi connectivity index (χ3v) is 3.13. The van der Waals surface area contributed by atoms with E-state index in [1.54, 1.807) is 30.3 Å². The van der Waals surface area contributed by atoms with Crippen molar-refractivity contribution < 1.29 is 9.13 Å². The number of rotatable bonds is 5. The van der Waals surface area contributed by atoms with Crippen molar-refractivity contribution >= 4 is 23.3 Å². The third kappa shape index (κ3) is 4.14. The van der Waals surface area contributed by atoms with E-state index in [1.807, 2.05) is 18.2 Å². The number of para-hydroxylation sites is 1. The minimum Gasteiger partial charge on any atom is -0.488 e. The van der Waals surface area contributed by atoms with Crippen molar-refractivity contribution in [2.45, 2.75) is 6.61 Å². The largest absolute Gasteiger partial charge is 0.488 e. The fraction of sp³-hybridized carbons (Fsp3) is 0.0588. The molecule has 0 saturated heterocycles. The van der Waals surface area contributed by atoms with E-state index in [0.717, 1.165) is 5.56 Å². The normalized spacial score (nSPS) is 10.8. The molecule has 5 heteroatoms. The van der Waals surface area contributed by atoms with Crippen molar-refractivity contribution in [2.24, 2.45) is 5.73 Å². The monoisotopic (exact) mass is 312 g/mol. The lowest BCUT2D eigenvalue weighted by Crippen LogP contribution is -2.09. The molecule has 0 amide bonds. The Morgan fingerprint density at radius 2 is 1.91 bits per heavy atom. The minimum absolute atomic E-state index is 0.0378. The second-order valence-corrected chi connectivity index (χ2v) is 4.93. The van der Waals surface area contributed by atoms with Gasteiger partial charge in [0.2, 0.25) is 0 Å². The summed E-state index contributed by atoms with van der Waals surface area (Å²) in [6, 6.07) is 15.3. The van der Waals surface area contributed by atoms with Gasteiger partial charge in [-0.3, -0.25) is 0 Å². The number of nitrogens with two attached hydrogens (primary N) is 1. The second kappa shape index (κ2) is 7.34. The molecule has 0 unspecified atom stereocenters. The van der Waals surface area contributed by atoms with Gasteiger partial charge in [0.25, 0.3) is 0 Å². The van der Waals surface area contributed by atoms with Crippen LogP contribution in [0.25, 0.3) is 6.08 Å². The van der Waals surface area contributed by atoms with Crippen LogP contribution in [0, 0.1) is 17.1 Å². The first-order chi connectivity index (χ1) is 10.6. The number of halogens is 1. The molecule has 0 radical (unpaired) electrons. The number of benzene rings is 2. The van der Waals surface area contributed by atoms with Gasteiger partial charge in [0.15, 0.2) is 0 Å². The molecule has 0 spiro atoms. The average Bonchev–Trinajstić information content (AvgIpc) is 2.52. The van der Waals surface area contributed by atoms with Gasteiger partial charge in [-0.15, -0.1) is 0 Å². The Morgan fingerprint density at radius 3 is 2.55 bits per heavy atom. The molecule has 2 aromatic rings. The Morgan fingerprint density at radius 1 is 1.23 bits per heavy atom. The van der Waals surface area contributed by atoms with Gasteiger partial charge in [-0.25, -0.2) is 4.39 Å². The Labute approximate surface area is 133 Å². The smallest absolute Gasteiger partial charge is 0.127 e. The number of hydrogen-bond donors (Lipinski definition) is 1. The number of ether oxygens (including phenoxy) is 1. The number of thiocarbonyl (C=S) groups is 1. The van der Waals surface area contributed by atoms with Crippen LogP contribution >= 0.6 is 12.2 Å². The summed E-state index contributed by atoms with van der Waals surface area (Å²) in [5.74, 6) is 0.304. The van der Waals surface area contributed by atoms with Gasteiger partial charge in [0.05, 0.1) is 5.57 Å². The van der Waals surface area contributed by atoms with Crippen LogP contribution in [0.2, 0.25) is 0 Å². The first-order valence-electron chi connectivity index (χ1n) is 6.48. The van der Waals surface area contributed by atoms with Gasteiger partial charge in [-0.2, -0.15) is 5.26 Å². The standard InChI is InChI=1S/C17H13FN2OS/c18-15-7-5-12(6-8-15)11-21-16-4-2-1-3-13(16)9-14(10-19)17(20)22/h1-9H,11H2,(H2,20,22). The van der Waals surface area contributed by atoms with Crippen LogP contribution in [0.5, 0.6) is 5.75 Å². The van der Waals surface area contributed by atoms with E-state index < -0.39 is 0 Å². The van der Waals surface area contributed by atoms with Crippen molar-refractivity contribution in [3.63, 3.8) is 0 Å². The Hall–Kier alpha value is -2.71. The van der Waals surface area contributed by atoms with Gasteiger partial charge in [-0.05, 0) is 29.8 Å². The predicted molar refractivity (Wildman–Crippen MR) is 87.5 cm³/mol. The molecule has 2 aromatic carbocycles. The molecular weight excluding hydrogens is 299 g/mol. The fourth-order valence-corrected chi connectivity index (χ4v) is 1.89. The molecule has 0 atom stereocenters. The van der Waals surface area contributed by atoms with Crippen LogP contribution in [0.4, 0.5) is 4.39 Å². The molecule has 0 heterocycles. The SMILES string of the molecule is N#CC(=Cc1ccccc1OCc1ccc(F)cc1)C(N)=S. The summed E-state index contributed by atoms with van der Waals surface area (Å²) in [6.07, 6.45) is 1.59. The molecule has 0 saturated carbocycles. The highest BCUT2D eigenvalue weighted by molar-refractivity contribution is 7.80. The summed E-state index contributed by atoms with van der Waals surface area (Å²) < 4.78 is 18.6. The van der Waals surface area contributed by atoms with E-state index in [0.29, 0.717) is 17.9 Å². The zero-order chi connectivity index (χ0) is 15.9. The van der Waals surface area contributed by atoms with Crippen LogP contribution < -0.4 is 10.5 Å². The van der Waals surface area contributed by atoms with Gasteiger partial charge in [0.1, 0.15) is 29.2 Å². The van der Waals surface area contributed by atoms with E-state index in [9.17, 15) is 4.39 Å². The lowest BCUT2D eigenvalue weighted by Gasteiger charge is -2.09. The molecule has 0 aliphatic rings. The molecular formula is C17H13FN2OS. The Bertz CT molecular complexity index is 748. The summed E-state index contributed by atoms with van der Waals surface area (Å²) in [5, 5.41) is 9.02. The first-order valence-corrected chi connectivity index (χ1v) is 6.89. The molecule has 0 aromatic heterocycles. The lowest BCUT2D eigenvalue weighted by atomic mass is 10.1. The highest BCUT2D eigenvalue weighted by Crippen LogP contribution is 2.22. The molecule has 110 valence electrons. The molecule has 0 bridgehead atoms. The lowest BCUT2D eigenvalue weighted by molar-refractivity contribution is 0.305. The van der Waals surface area contributed by atoms with Gasteiger partial charge < -0.3 is 10.5 Å². The molecule has 0 aliphatic heterocycles. The molecule has 3 nitrogen and oxygen atoms in total. The summed E-state index contributed by atoms with van der Waals surface area (Å²) >= 11 is 4.82. The van der Waals surface area contributed by atoms with E-state index in [2.05, 4.69) is 0 Å². The van der Waals surface area contributed by atoms with Crippen molar-refractivity contribution in [3.8, 4) is 11.8 Å². The Kier molecular flexibility index (Phi) is 5.23. The van der Waals surface area contributed by atoms with Crippen molar-refractivity contribution in [2.75, 3.05) is 0 Å². The summed E-state index contributed by atoms with van der Waals surface area (Å²) in [4.78, 5) is 0.0378. The van der Waals surface area contributed by atoms with Gasteiger partial charge >= 0.3 is 0 Å². The van der Waals surface area contributed by atoms with E-state index in [1.165, 1.54) is 12.1 Å². The molecule has 22 heavy (non-hydrogen) atoms. The summed E-state index contributed by atoms with van der Waals surface area (Å²) in [7, 11) is 0. The van der Waals surface area contributed by atoms with Crippen LogP contribution in [0.1, 0.15) is 11.1 Å². The summed E-state index contributed by atoms with van der Waals surface area (Å²) in [5.41, 5.74) is 7.25. The number of hydrogen-bond acceptors (Lipinski definition) is 3. The fourth-order valence-electron chi connectivity index (χ4n) is 1.79. The van der Waals surface area contributed by atoms with Crippen LogP contribution in [0.3, 0.4) is 0 Å². The van der Waals surface area contributed by atoms with Crippen molar-refractivity contribution in [1.29, 1.82) is 5.26 Å². The maximum atomic E-state index is 12.9. The number of nitrogens with zero attached hydrogens (tertiary/aromatic N) is 1. The molecule has 0 aliphatic carbocycles. The maximum Gasteiger partial charge on any atom is 0.127 e. The predicted octanol–water partition coefficient (Wildman–Crippen LogP) is 3.60. The Balaban J connectivity index is 2.20. The van der Waals surface area contributed by atoms with Gasteiger partial charge in [-0.1, -0.05) is 42.5 Å². The first kappa shape index (κ1) is 15.7. The van der Waals surface area contributed by atoms with Crippen LogP contribution in [-0.2, 0) is 6.61 Å². The highest BCUT2D eigenvalue weighted by atomic mass is 32.1. The van der Waals surface area contributed by atoms with E-state index >= 15 is 0 Å². The van der Waals surface area contributed by atoms with E-state index in [4.69, 9.17) is 28.0 Å². The zero-order valence-electron chi connectivity index (χ0n) is 11.6. The molecule has 0 fully saturated rings. The van der Waals surface area contributed by atoms with E-state index in [-0.39, 0.29) is 16.4 Å². The molecule has 2 N–H and O–H groups in total. The van der Waals surface area contributed by atoms with Crippen molar-refractivity contribution in [1.82, 2.24) is 0 Å². The molecule has 2 rings (SSSR count). The maximum absolute atomic E-state index is 12.9. The highest BCUT2D eigenvalue weighted by Gasteiger charge is 2.05. The van der Waals surface area contributed by atoms with Gasteiger partial charge in [0, 0.05) is 5.56 Å². The summed E-state index contributed by atoms with van der Waals surface area (Å²) in [6.45, 7) is 0.292. The zero-order valence-corrected chi connectivity index (χ0v) is 12.4.